The van der Waals surface area contributed by atoms with Crippen LogP contribution in [0.4, 0.5) is 0 Å². The van der Waals surface area contributed by atoms with Gasteiger partial charge in [-0.15, -0.1) is 21.5 Å². The Morgan fingerprint density at radius 1 is 1.12 bits per heavy atom. The predicted molar refractivity (Wildman–Crippen MR) is 155 cm³/mol. The molecule has 0 saturated heterocycles. The van der Waals surface area contributed by atoms with Crippen LogP contribution in [0.3, 0.4) is 0 Å². The third-order valence-corrected chi connectivity index (χ3v) is 10.5. The molecule has 2 aromatic heterocycles. The molecular formula is C31H28ClN5O2S. The van der Waals surface area contributed by atoms with Crippen molar-refractivity contribution in [1.29, 1.82) is 0 Å². The van der Waals surface area contributed by atoms with Gasteiger partial charge in [-0.3, -0.25) is 14.4 Å². The van der Waals surface area contributed by atoms with Gasteiger partial charge in [-0.1, -0.05) is 54.1 Å². The second-order valence-electron chi connectivity index (χ2n) is 11.6. The molecule has 40 heavy (non-hydrogen) atoms. The van der Waals surface area contributed by atoms with E-state index in [1.165, 1.54) is 10.4 Å². The number of aliphatic imine (C=N–C) groups is 1. The first-order valence-corrected chi connectivity index (χ1v) is 15.1. The SMILES string of the molecule is Cc1nnc2n1-c1sc3c(c1C(c1ccccc1Cl)=NC21CC1)C[C@H](CC(=O)N[C@@H]1c2ccccc2C[C@@H]1O)C3. The summed E-state index contributed by atoms with van der Waals surface area (Å²) in [6.07, 6.45) is 3.91. The molecule has 7 nitrogen and oxygen atoms in total. The molecule has 4 aliphatic rings. The molecule has 3 heterocycles. The van der Waals surface area contributed by atoms with Gasteiger partial charge in [0.2, 0.25) is 5.91 Å². The van der Waals surface area contributed by atoms with Crippen molar-refractivity contribution in [2.75, 3.05) is 0 Å². The summed E-state index contributed by atoms with van der Waals surface area (Å²) in [5.41, 5.74) is 6.00. The molecule has 3 aliphatic carbocycles. The highest BCUT2D eigenvalue weighted by molar-refractivity contribution is 7.15. The van der Waals surface area contributed by atoms with E-state index in [2.05, 4.69) is 26.1 Å². The summed E-state index contributed by atoms with van der Waals surface area (Å²) in [7, 11) is 0. The van der Waals surface area contributed by atoms with Crippen LogP contribution in [0.1, 0.15) is 69.6 Å². The number of nitrogens with one attached hydrogen (secondary N) is 1. The topological polar surface area (TPSA) is 92.4 Å². The average molecular weight is 570 g/mol. The van der Waals surface area contributed by atoms with Crippen LogP contribution in [-0.2, 0) is 29.6 Å². The lowest BCUT2D eigenvalue weighted by molar-refractivity contribution is -0.123. The molecule has 202 valence electrons. The van der Waals surface area contributed by atoms with E-state index in [1.54, 1.807) is 11.3 Å². The van der Waals surface area contributed by atoms with E-state index in [0.29, 0.717) is 17.9 Å². The van der Waals surface area contributed by atoms with Crippen molar-refractivity contribution in [2.45, 2.75) is 63.1 Å². The maximum absolute atomic E-state index is 13.2. The summed E-state index contributed by atoms with van der Waals surface area (Å²) in [5.74, 6) is 1.96. The molecule has 8 rings (SSSR count). The second kappa shape index (κ2) is 8.83. The van der Waals surface area contributed by atoms with Gasteiger partial charge < -0.3 is 10.4 Å². The number of benzene rings is 2. The van der Waals surface area contributed by atoms with Gasteiger partial charge in [0, 0.05) is 33.9 Å². The molecular weight excluding hydrogens is 542 g/mol. The summed E-state index contributed by atoms with van der Waals surface area (Å²) in [4.78, 5) is 19.9. The van der Waals surface area contributed by atoms with Gasteiger partial charge in [0.1, 0.15) is 16.4 Å². The van der Waals surface area contributed by atoms with Gasteiger partial charge in [-0.2, -0.15) is 0 Å². The number of aliphatic hydroxyl groups is 1. The van der Waals surface area contributed by atoms with Crippen molar-refractivity contribution < 1.29 is 9.90 Å². The molecule has 0 bridgehead atoms. The van der Waals surface area contributed by atoms with E-state index in [-0.39, 0.29) is 23.4 Å². The number of carbonyl (C=O) groups excluding carboxylic acids is 1. The zero-order valence-electron chi connectivity index (χ0n) is 22.0. The Hall–Kier alpha value is -3.33. The third kappa shape index (κ3) is 3.66. The van der Waals surface area contributed by atoms with E-state index >= 15 is 0 Å². The van der Waals surface area contributed by atoms with Crippen molar-refractivity contribution in [3.05, 3.63) is 97.9 Å². The van der Waals surface area contributed by atoms with Crippen LogP contribution < -0.4 is 5.32 Å². The highest BCUT2D eigenvalue weighted by Gasteiger charge is 2.52. The Balaban J connectivity index is 1.13. The number of amides is 1. The Kier molecular flexibility index (Phi) is 5.40. The average Bonchev–Trinajstić information content (AvgIpc) is 3.15. The molecule has 1 saturated carbocycles. The van der Waals surface area contributed by atoms with Crippen LogP contribution in [0.15, 0.2) is 53.5 Å². The number of nitrogens with zero attached hydrogens (tertiary/aromatic N) is 4. The summed E-state index contributed by atoms with van der Waals surface area (Å²) < 4.78 is 2.21. The lowest BCUT2D eigenvalue weighted by Gasteiger charge is -2.19. The van der Waals surface area contributed by atoms with E-state index in [4.69, 9.17) is 16.6 Å². The number of aliphatic hydroxyl groups excluding tert-OH is 1. The lowest BCUT2D eigenvalue weighted by Crippen LogP contribution is -2.34. The maximum Gasteiger partial charge on any atom is 0.220 e. The van der Waals surface area contributed by atoms with Crippen molar-refractivity contribution in [1.82, 2.24) is 20.1 Å². The number of thiophene rings is 1. The lowest BCUT2D eigenvalue weighted by atomic mass is 9.96. The molecule has 2 N–H and O–H groups in total. The quantitative estimate of drug-likeness (QED) is 0.361. The second-order valence-corrected chi connectivity index (χ2v) is 13.0. The summed E-state index contributed by atoms with van der Waals surface area (Å²) in [6, 6.07) is 15.5. The number of hydrogen-bond acceptors (Lipinski definition) is 6. The van der Waals surface area contributed by atoms with Crippen LogP contribution in [0.25, 0.3) is 5.00 Å². The van der Waals surface area contributed by atoms with Gasteiger partial charge in [0.15, 0.2) is 5.82 Å². The molecule has 9 heteroatoms. The Bertz CT molecular complexity index is 1740. The van der Waals surface area contributed by atoms with Crippen molar-refractivity contribution >= 4 is 34.6 Å². The maximum atomic E-state index is 13.2. The van der Waals surface area contributed by atoms with Crippen LogP contribution in [0.2, 0.25) is 5.02 Å². The fraction of sp³-hybridized carbons (Fsp3) is 0.355. The predicted octanol–water partition coefficient (Wildman–Crippen LogP) is 5.01. The van der Waals surface area contributed by atoms with Gasteiger partial charge in [0.25, 0.3) is 0 Å². The molecule has 3 atom stereocenters. The largest absolute Gasteiger partial charge is 0.390 e. The molecule has 1 aliphatic heterocycles. The van der Waals surface area contributed by atoms with E-state index in [0.717, 1.165) is 70.3 Å². The molecule has 0 unspecified atom stereocenters. The number of halogens is 1. The van der Waals surface area contributed by atoms with Gasteiger partial charge in [0.05, 0.1) is 17.9 Å². The minimum atomic E-state index is -0.590. The minimum absolute atomic E-state index is 0.0131. The molecule has 2 aromatic carbocycles. The van der Waals surface area contributed by atoms with Crippen molar-refractivity contribution in [2.24, 2.45) is 10.9 Å². The number of aryl methyl sites for hydroxylation is 1. The molecule has 4 aromatic rings. The fourth-order valence-corrected chi connectivity index (χ4v) is 8.54. The number of carbonyl (C=O) groups is 1. The first kappa shape index (κ1) is 24.5. The van der Waals surface area contributed by atoms with E-state index < -0.39 is 6.10 Å². The van der Waals surface area contributed by atoms with Crippen LogP contribution in [0, 0.1) is 12.8 Å². The highest BCUT2D eigenvalue weighted by Crippen LogP contribution is 2.54. The fourth-order valence-electron chi connectivity index (χ4n) is 6.82. The van der Waals surface area contributed by atoms with E-state index in [1.807, 2.05) is 49.4 Å². The van der Waals surface area contributed by atoms with Crippen LogP contribution in [0.5, 0.6) is 0 Å². The van der Waals surface area contributed by atoms with Crippen LogP contribution in [-0.4, -0.2) is 37.6 Å². The number of hydrogen-bond donors (Lipinski definition) is 2. The van der Waals surface area contributed by atoms with E-state index in [9.17, 15) is 9.90 Å². The molecule has 1 fully saturated rings. The van der Waals surface area contributed by atoms with Gasteiger partial charge >= 0.3 is 0 Å². The summed E-state index contributed by atoms with van der Waals surface area (Å²) in [6.45, 7) is 2.00. The molecule has 0 radical (unpaired) electrons. The monoisotopic (exact) mass is 569 g/mol. The highest BCUT2D eigenvalue weighted by atomic mass is 35.5. The number of fused-ring (bicyclic) bond motifs is 7. The number of rotatable bonds is 4. The first-order chi connectivity index (χ1) is 19.4. The Morgan fingerprint density at radius 2 is 1.93 bits per heavy atom. The van der Waals surface area contributed by atoms with Crippen molar-refractivity contribution in [3.8, 4) is 5.00 Å². The zero-order valence-corrected chi connectivity index (χ0v) is 23.6. The molecule has 1 amide bonds. The van der Waals surface area contributed by atoms with Crippen molar-refractivity contribution in [3.63, 3.8) is 0 Å². The summed E-state index contributed by atoms with van der Waals surface area (Å²) >= 11 is 8.54. The Labute approximate surface area is 240 Å². The summed E-state index contributed by atoms with van der Waals surface area (Å²) in [5, 5.41) is 24.6. The molecule has 1 spiro atoms. The minimum Gasteiger partial charge on any atom is -0.390 e. The Morgan fingerprint density at radius 3 is 2.75 bits per heavy atom. The van der Waals surface area contributed by atoms with Crippen LogP contribution >= 0.6 is 22.9 Å². The standard InChI is InChI=1S/C31H28ClN5O2S/c1-16-35-36-30-31(10-11-31)34-28(20-8-4-5-9-22(20)32)26-21-12-17(13-24(21)40-29(26)37(16)30)14-25(39)33-27-19-7-3-2-6-18(19)15-23(27)38/h2-9,17,23,27,38H,10-15H2,1H3,(H,33,39)/t17-,23-,27+/m0/s1. The zero-order chi connectivity index (χ0) is 27.2. The van der Waals surface area contributed by atoms with Gasteiger partial charge in [-0.25, -0.2) is 0 Å². The third-order valence-electron chi connectivity index (χ3n) is 8.89. The first-order valence-electron chi connectivity index (χ1n) is 13.9. The van der Waals surface area contributed by atoms with Gasteiger partial charge in [-0.05, 0) is 61.3 Å². The normalized spacial score (nSPS) is 23.2. The number of aromatic nitrogens is 3. The smallest absolute Gasteiger partial charge is 0.220 e.